The van der Waals surface area contributed by atoms with E-state index in [0.717, 1.165) is 31.8 Å². The highest BCUT2D eigenvalue weighted by molar-refractivity contribution is 5.91. The first-order chi connectivity index (χ1) is 15.5. The number of nitrogens with one attached hydrogen (secondary N) is 1. The van der Waals surface area contributed by atoms with Crippen molar-refractivity contribution in [2.45, 2.75) is 50.9 Å². The first-order valence-corrected chi connectivity index (χ1v) is 10.8. The summed E-state index contributed by atoms with van der Waals surface area (Å²) in [4.78, 5) is 35.6. The lowest BCUT2D eigenvalue weighted by Gasteiger charge is -2.29. The van der Waals surface area contributed by atoms with Crippen LogP contribution in [0, 0.1) is 11.8 Å². The maximum absolute atomic E-state index is 12.4. The van der Waals surface area contributed by atoms with Gasteiger partial charge in [0.05, 0.1) is 24.4 Å². The van der Waals surface area contributed by atoms with Crippen LogP contribution in [0.5, 0.6) is 0 Å². The Morgan fingerprint density at radius 2 is 2.25 bits per heavy atom. The monoisotopic (exact) mass is 444 g/mol. The van der Waals surface area contributed by atoms with Gasteiger partial charge in [0.15, 0.2) is 5.82 Å². The lowest BCUT2D eigenvalue weighted by Crippen LogP contribution is -2.42. The van der Waals surface area contributed by atoms with Gasteiger partial charge in [-0.15, -0.1) is 0 Å². The third-order valence-electron chi connectivity index (χ3n) is 6.51. The van der Waals surface area contributed by atoms with Crippen LogP contribution < -0.4 is 5.32 Å². The van der Waals surface area contributed by atoms with E-state index >= 15 is 0 Å². The Bertz CT molecular complexity index is 938. The topological polar surface area (TPSA) is 144 Å². The molecule has 0 unspecified atom stereocenters. The number of fused-ring (bicyclic) bond motifs is 1. The number of likely N-dealkylation sites (tertiary alicyclic amines) is 1. The van der Waals surface area contributed by atoms with Crippen LogP contribution in [0.3, 0.4) is 0 Å². The standard InChI is InChI=1S/C20H26N6O3.CH2O2/c1-12(2)18-24-17(29-25-18)10-26-9-14-13(16-3-4-20(14,11-26)28-16)7-23-19(27)15-8-21-5-6-22-15;2-1-3/h5-6,8,12-14,16H,3-4,7,9-11H2,1-2H3,(H,23,27);1H,(H,2,3)/t13-,14+,16+,20+;/m0./s1. The van der Waals surface area contributed by atoms with Gasteiger partial charge < -0.3 is 19.7 Å². The first-order valence-electron chi connectivity index (χ1n) is 10.8. The summed E-state index contributed by atoms with van der Waals surface area (Å²) in [5.74, 6) is 2.19. The molecule has 0 radical (unpaired) electrons. The summed E-state index contributed by atoms with van der Waals surface area (Å²) in [5, 5.41) is 14.0. The van der Waals surface area contributed by atoms with Gasteiger partial charge >= 0.3 is 0 Å². The molecule has 32 heavy (non-hydrogen) atoms. The normalized spacial score (nSPS) is 28.3. The van der Waals surface area contributed by atoms with E-state index in [1.165, 1.54) is 12.4 Å². The van der Waals surface area contributed by atoms with Crippen LogP contribution in [0.25, 0.3) is 0 Å². The third kappa shape index (κ3) is 4.35. The highest BCUT2D eigenvalue weighted by Crippen LogP contribution is 2.54. The Morgan fingerprint density at radius 3 is 2.94 bits per heavy atom. The fourth-order valence-corrected chi connectivity index (χ4v) is 5.16. The zero-order chi connectivity index (χ0) is 22.7. The lowest BCUT2D eigenvalue weighted by molar-refractivity contribution is -0.122. The number of nitrogens with zero attached hydrogens (tertiary/aromatic N) is 5. The Labute approximate surface area is 185 Å². The van der Waals surface area contributed by atoms with Crippen molar-refractivity contribution in [3.8, 4) is 0 Å². The SMILES string of the molecule is CC(C)c1noc(CN2C[C@@H]3[C@H](CNC(=O)c4cnccn4)[C@H]4CC[C@]3(C2)O4)n1.O=CO. The van der Waals surface area contributed by atoms with E-state index in [4.69, 9.17) is 19.2 Å². The quantitative estimate of drug-likeness (QED) is 0.621. The van der Waals surface area contributed by atoms with Crippen LogP contribution in [-0.4, -0.2) is 73.8 Å². The number of carbonyl (C=O) groups is 2. The average Bonchev–Trinajstić information content (AvgIpc) is 3.54. The van der Waals surface area contributed by atoms with Crippen molar-refractivity contribution in [1.82, 2.24) is 30.3 Å². The van der Waals surface area contributed by atoms with E-state index in [9.17, 15) is 4.79 Å². The fourth-order valence-electron chi connectivity index (χ4n) is 5.16. The average molecular weight is 444 g/mol. The highest BCUT2D eigenvalue weighted by atomic mass is 16.5. The van der Waals surface area contributed by atoms with Crippen LogP contribution in [0.4, 0.5) is 0 Å². The predicted octanol–water partition coefficient (Wildman–Crippen LogP) is 1.09. The molecule has 3 fully saturated rings. The molecule has 2 N–H and O–H groups in total. The molecule has 0 aromatic carbocycles. The van der Waals surface area contributed by atoms with Crippen LogP contribution in [-0.2, 0) is 16.1 Å². The summed E-state index contributed by atoms with van der Waals surface area (Å²) in [6.07, 6.45) is 6.93. The number of hydrogen-bond donors (Lipinski definition) is 2. The highest BCUT2D eigenvalue weighted by Gasteiger charge is 2.62. The van der Waals surface area contributed by atoms with Crippen molar-refractivity contribution in [2.75, 3.05) is 19.6 Å². The molecule has 1 amide bonds. The summed E-state index contributed by atoms with van der Waals surface area (Å²) in [7, 11) is 0. The van der Waals surface area contributed by atoms with Gasteiger partial charge in [0.25, 0.3) is 12.4 Å². The van der Waals surface area contributed by atoms with E-state index in [-0.39, 0.29) is 30.0 Å². The van der Waals surface area contributed by atoms with Crippen molar-refractivity contribution in [2.24, 2.45) is 11.8 Å². The molecule has 2 aromatic rings. The number of hydrogen-bond acceptors (Lipinski definition) is 9. The third-order valence-corrected chi connectivity index (χ3v) is 6.51. The smallest absolute Gasteiger partial charge is 0.290 e. The second-order valence-electron chi connectivity index (χ2n) is 8.81. The Morgan fingerprint density at radius 1 is 1.44 bits per heavy atom. The van der Waals surface area contributed by atoms with Gasteiger partial charge in [-0.25, -0.2) is 4.98 Å². The van der Waals surface area contributed by atoms with Crippen LogP contribution >= 0.6 is 0 Å². The number of amides is 1. The van der Waals surface area contributed by atoms with Crippen LogP contribution in [0.15, 0.2) is 23.1 Å². The molecule has 172 valence electrons. The molecule has 2 aromatic heterocycles. The van der Waals surface area contributed by atoms with Crippen molar-refractivity contribution in [3.63, 3.8) is 0 Å². The lowest BCUT2D eigenvalue weighted by atomic mass is 9.73. The van der Waals surface area contributed by atoms with E-state index in [1.54, 1.807) is 6.20 Å². The molecular weight excluding hydrogens is 416 g/mol. The Balaban J connectivity index is 0.000000775. The summed E-state index contributed by atoms with van der Waals surface area (Å²) in [6.45, 7) is 6.90. The van der Waals surface area contributed by atoms with E-state index < -0.39 is 0 Å². The summed E-state index contributed by atoms with van der Waals surface area (Å²) < 4.78 is 11.9. The largest absolute Gasteiger partial charge is 0.483 e. The number of aromatic nitrogens is 4. The fraction of sp³-hybridized carbons (Fsp3) is 0.619. The molecule has 1 spiro atoms. The van der Waals surface area contributed by atoms with Gasteiger partial charge in [-0.2, -0.15) is 4.98 Å². The molecule has 5 rings (SSSR count). The first kappa shape index (κ1) is 22.3. The zero-order valence-electron chi connectivity index (χ0n) is 18.2. The second-order valence-corrected chi connectivity index (χ2v) is 8.81. The molecule has 11 nitrogen and oxygen atoms in total. The predicted molar refractivity (Wildman–Crippen MR) is 111 cm³/mol. The van der Waals surface area contributed by atoms with Gasteiger partial charge in [0.2, 0.25) is 5.89 Å². The zero-order valence-corrected chi connectivity index (χ0v) is 18.2. The van der Waals surface area contributed by atoms with Crippen molar-refractivity contribution >= 4 is 12.4 Å². The molecule has 5 heterocycles. The number of ether oxygens (including phenoxy) is 1. The van der Waals surface area contributed by atoms with E-state index in [2.05, 4.69) is 44.2 Å². The van der Waals surface area contributed by atoms with Crippen LogP contribution in [0.2, 0.25) is 0 Å². The van der Waals surface area contributed by atoms with Crippen molar-refractivity contribution in [3.05, 3.63) is 36.0 Å². The summed E-state index contributed by atoms with van der Waals surface area (Å²) in [5.41, 5.74) is 0.240. The maximum atomic E-state index is 12.4. The summed E-state index contributed by atoms with van der Waals surface area (Å²) >= 11 is 0. The second kappa shape index (κ2) is 9.29. The van der Waals surface area contributed by atoms with Gasteiger partial charge in [-0.1, -0.05) is 19.0 Å². The van der Waals surface area contributed by atoms with Crippen molar-refractivity contribution in [1.29, 1.82) is 0 Å². The van der Waals surface area contributed by atoms with E-state index in [1.807, 2.05) is 0 Å². The minimum atomic E-state index is -0.250. The van der Waals surface area contributed by atoms with Gasteiger partial charge in [0.1, 0.15) is 5.69 Å². The number of carboxylic acid groups (broad SMARTS) is 1. The molecule has 2 bridgehead atoms. The Kier molecular flexibility index (Phi) is 6.47. The van der Waals surface area contributed by atoms with E-state index in [0.29, 0.717) is 36.5 Å². The Hall–Kier alpha value is -2.92. The van der Waals surface area contributed by atoms with Gasteiger partial charge in [-0.3, -0.25) is 19.5 Å². The molecule has 3 aliphatic heterocycles. The van der Waals surface area contributed by atoms with Gasteiger partial charge in [-0.05, 0) is 12.8 Å². The van der Waals surface area contributed by atoms with Crippen molar-refractivity contribution < 1.29 is 24.0 Å². The number of rotatable bonds is 6. The van der Waals surface area contributed by atoms with Crippen LogP contribution in [0.1, 0.15) is 54.8 Å². The molecule has 0 aliphatic carbocycles. The minimum absolute atomic E-state index is 0.104. The molecule has 3 aliphatic rings. The minimum Gasteiger partial charge on any atom is -0.483 e. The molecule has 11 heteroatoms. The maximum Gasteiger partial charge on any atom is 0.290 e. The van der Waals surface area contributed by atoms with Gasteiger partial charge in [0, 0.05) is 49.8 Å². The molecule has 3 saturated heterocycles. The molecule has 4 atom stereocenters. The molecular formula is C21H28N6O5. The molecule has 0 saturated carbocycles. The summed E-state index contributed by atoms with van der Waals surface area (Å²) in [6, 6.07) is 0. The number of carbonyl (C=O) groups excluding carboxylic acids is 1.